The molecule has 3 rings (SSSR count). The van der Waals surface area contributed by atoms with Crippen molar-refractivity contribution in [1.82, 2.24) is 4.90 Å². The van der Waals surface area contributed by atoms with E-state index in [9.17, 15) is 23.4 Å². The number of hydrogen-bond acceptors (Lipinski definition) is 6. The highest BCUT2D eigenvalue weighted by Gasteiger charge is 2.20. The average molecular weight is 518 g/mol. The Morgan fingerprint density at radius 2 is 1.71 bits per heavy atom. The zero-order valence-electron chi connectivity index (χ0n) is 18.5. The summed E-state index contributed by atoms with van der Waals surface area (Å²) >= 11 is 5.94. The minimum Gasteiger partial charge on any atom is -0.465 e. The van der Waals surface area contributed by atoms with E-state index in [2.05, 4.69) is 5.16 Å². The van der Waals surface area contributed by atoms with Gasteiger partial charge in [-0.05, 0) is 53.9 Å². The van der Waals surface area contributed by atoms with Gasteiger partial charge < -0.3 is 26.1 Å². The summed E-state index contributed by atoms with van der Waals surface area (Å²) in [6, 6.07) is 18.4. The van der Waals surface area contributed by atoms with Crippen LogP contribution in [0.4, 0.5) is 4.79 Å². The van der Waals surface area contributed by atoms with Crippen molar-refractivity contribution in [2.75, 3.05) is 13.1 Å². The van der Waals surface area contributed by atoms with Gasteiger partial charge in [0.15, 0.2) is 5.84 Å². The molecule has 3 aromatic carbocycles. The largest absolute Gasteiger partial charge is 0.465 e. The number of carboxylic acid groups (broad SMARTS) is 1. The summed E-state index contributed by atoms with van der Waals surface area (Å²) in [4.78, 5) is 12.8. The Balaban J connectivity index is 1.69. The highest BCUT2D eigenvalue weighted by Crippen LogP contribution is 2.23. The first kappa shape index (κ1) is 26.0. The topological polar surface area (TPSA) is 154 Å². The molecule has 11 heteroatoms. The molecule has 9 nitrogen and oxygen atoms in total. The van der Waals surface area contributed by atoms with Crippen molar-refractivity contribution in [3.8, 4) is 0 Å². The number of nitrogens with two attached hydrogens (primary N) is 1. The zero-order valence-corrected chi connectivity index (χ0v) is 20.0. The number of nitrogens with zero attached hydrogens (tertiary/aromatic N) is 2. The minimum atomic E-state index is -3.86. The number of amidine groups is 1. The number of halogens is 1. The number of sulfone groups is 1. The molecule has 3 aromatic rings. The van der Waals surface area contributed by atoms with Crippen molar-refractivity contribution in [3.63, 3.8) is 0 Å². The molecule has 35 heavy (non-hydrogen) atoms. The van der Waals surface area contributed by atoms with Crippen LogP contribution in [0, 0.1) is 0 Å². The quantitative estimate of drug-likeness (QED) is 0.146. The summed E-state index contributed by atoms with van der Waals surface area (Å²) in [5.41, 5.74) is 7.04. The fourth-order valence-corrected chi connectivity index (χ4v) is 4.91. The third kappa shape index (κ3) is 6.50. The molecular formula is C24H24ClN3O6S. The van der Waals surface area contributed by atoms with E-state index in [1.807, 2.05) is 0 Å². The Hall–Kier alpha value is -3.60. The van der Waals surface area contributed by atoms with E-state index in [0.717, 1.165) is 10.5 Å². The number of aliphatic hydroxyl groups is 1. The lowest BCUT2D eigenvalue weighted by Gasteiger charge is -2.23. The molecule has 0 heterocycles. The fourth-order valence-electron chi connectivity index (χ4n) is 3.41. The van der Waals surface area contributed by atoms with E-state index < -0.39 is 22.0 Å². The van der Waals surface area contributed by atoms with E-state index in [4.69, 9.17) is 22.5 Å². The van der Waals surface area contributed by atoms with Crippen LogP contribution in [0.3, 0.4) is 0 Å². The molecule has 0 spiro atoms. The van der Waals surface area contributed by atoms with Crippen molar-refractivity contribution < 1.29 is 28.6 Å². The number of oxime groups is 1. The lowest BCUT2D eigenvalue weighted by Crippen LogP contribution is -2.35. The van der Waals surface area contributed by atoms with Crippen LogP contribution < -0.4 is 5.73 Å². The van der Waals surface area contributed by atoms with Gasteiger partial charge in [0.25, 0.3) is 0 Å². The number of carbonyl (C=O) groups is 1. The number of aliphatic hydroxyl groups excluding tert-OH is 1. The Morgan fingerprint density at radius 3 is 2.34 bits per heavy atom. The van der Waals surface area contributed by atoms with Gasteiger partial charge in [-0.1, -0.05) is 53.2 Å². The van der Waals surface area contributed by atoms with Crippen molar-refractivity contribution >= 4 is 33.4 Å². The summed E-state index contributed by atoms with van der Waals surface area (Å²) in [5, 5.41) is 32.1. The maximum absolute atomic E-state index is 13.0. The Bertz CT molecular complexity index is 1330. The van der Waals surface area contributed by atoms with Gasteiger partial charge in [0.05, 0.1) is 22.4 Å². The van der Waals surface area contributed by atoms with Gasteiger partial charge in [-0.2, -0.15) is 0 Å². The van der Waals surface area contributed by atoms with Gasteiger partial charge in [0.2, 0.25) is 9.84 Å². The predicted molar refractivity (Wildman–Crippen MR) is 131 cm³/mol. The summed E-state index contributed by atoms with van der Waals surface area (Å²) < 4.78 is 26.0. The van der Waals surface area contributed by atoms with Crippen LogP contribution in [0.1, 0.15) is 22.8 Å². The Kier molecular flexibility index (Phi) is 8.34. The van der Waals surface area contributed by atoms with Gasteiger partial charge in [0.1, 0.15) is 0 Å². The zero-order chi connectivity index (χ0) is 25.6. The first-order valence-electron chi connectivity index (χ1n) is 10.4. The molecule has 0 fully saturated rings. The molecule has 5 N–H and O–H groups in total. The SMILES string of the molecule is NC(=NO)c1cccc(S(=O)(=O)c2ccc(CCN(CC(O)c3cccc(Cl)c3)C(=O)O)cc2)c1. The van der Waals surface area contributed by atoms with Crippen LogP contribution in [-0.4, -0.2) is 53.8 Å². The second kappa shape index (κ2) is 11.2. The van der Waals surface area contributed by atoms with Crippen LogP contribution in [0.25, 0.3) is 0 Å². The smallest absolute Gasteiger partial charge is 0.407 e. The van der Waals surface area contributed by atoms with Gasteiger partial charge in [-0.15, -0.1) is 0 Å². The third-order valence-electron chi connectivity index (χ3n) is 5.35. The predicted octanol–water partition coefficient (Wildman–Crippen LogP) is 3.52. The molecule has 0 saturated heterocycles. The van der Waals surface area contributed by atoms with Crippen LogP contribution in [-0.2, 0) is 16.3 Å². The molecule has 184 valence electrons. The first-order valence-corrected chi connectivity index (χ1v) is 12.3. The van der Waals surface area contributed by atoms with Crippen molar-refractivity contribution in [1.29, 1.82) is 0 Å². The van der Waals surface area contributed by atoms with Crippen LogP contribution in [0.5, 0.6) is 0 Å². The summed E-state index contributed by atoms with van der Waals surface area (Å²) in [7, 11) is -3.86. The fraction of sp³-hybridized carbons (Fsp3) is 0.167. The molecular weight excluding hydrogens is 494 g/mol. The van der Waals surface area contributed by atoms with Crippen LogP contribution in [0.15, 0.2) is 87.7 Å². The third-order valence-corrected chi connectivity index (χ3v) is 7.35. The van der Waals surface area contributed by atoms with Gasteiger partial charge >= 0.3 is 6.09 Å². The second-order valence-electron chi connectivity index (χ2n) is 7.71. The lowest BCUT2D eigenvalue weighted by molar-refractivity contribution is 0.0973. The van der Waals surface area contributed by atoms with E-state index in [0.29, 0.717) is 17.0 Å². The van der Waals surface area contributed by atoms with Crippen molar-refractivity contribution in [3.05, 3.63) is 94.5 Å². The average Bonchev–Trinajstić information content (AvgIpc) is 2.86. The van der Waals surface area contributed by atoms with Crippen molar-refractivity contribution in [2.45, 2.75) is 22.3 Å². The molecule has 1 unspecified atom stereocenters. The molecule has 1 atom stereocenters. The molecule has 0 radical (unpaired) electrons. The molecule has 0 saturated carbocycles. The number of benzene rings is 3. The van der Waals surface area contributed by atoms with Gasteiger partial charge in [-0.3, -0.25) is 0 Å². The first-order chi connectivity index (χ1) is 16.6. The van der Waals surface area contributed by atoms with E-state index in [1.54, 1.807) is 36.4 Å². The van der Waals surface area contributed by atoms with Crippen molar-refractivity contribution in [2.24, 2.45) is 10.9 Å². The second-order valence-corrected chi connectivity index (χ2v) is 10.1. The lowest BCUT2D eigenvalue weighted by atomic mass is 10.1. The molecule has 0 aliphatic rings. The molecule has 0 aliphatic carbocycles. The number of amides is 1. The normalized spacial score (nSPS) is 12.8. The van der Waals surface area contributed by atoms with Crippen LogP contribution >= 0.6 is 11.6 Å². The Labute approximate surface area is 207 Å². The molecule has 1 amide bonds. The van der Waals surface area contributed by atoms with E-state index in [1.165, 1.54) is 36.4 Å². The molecule has 0 bridgehead atoms. The summed E-state index contributed by atoms with van der Waals surface area (Å²) in [5.74, 6) is -0.208. The van der Waals surface area contributed by atoms with E-state index >= 15 is 0 Å². The molecule has 0 aromatic heterocycles. The monoisotopic (exact) mass is 517 g/mol. The van der Waals surface area contributed by atoms with E-state index in [-0.39, 0.29) is 34.3 Å². The molecule has 0 aliphatic heterocycles. The minimum absolute atomic E-state index is 0.0126. The standard InChI is InChI=1S/C24H24ClN3O6S/c25-19-5-1-3-17(13-19)22(29)15-28(24(30)31)12-11-16-7-9-20(10-8-16)35(33,34)21-6-2-4-18(14-21)23(26)27-32/h1-10,13-14,22,29,32H,11-12,15H2,(H2,26,27)(H,30,31). The summed E-state index contributed by atoms with van der Waals surface area (Å²) in [6.45, 7) is -0.0420. The van der Waals surface area contributed by atoms with Gasteiger partial charge in [0, 0.05) is 17.1 Å². The highest BCUT2D eigenvalue weighted by atomic mass is 35.5. The highest BCUT2D eigenvalue weighted by molar-refractivity contribution is 7.91. The van der Waals surface area contributed by atoms with Crippen LogP contribution in [0.2, 0.25) is 5.02 Å². The number of rotatable bonds is 9. The Morgan fingerprint density at radius 1 is 1.03 bits per heavy atom. The maximum Gasteiger partial charge on any atom is 0.407 e. The number of hydrogen-bond donors (Lipinski definition) is 4. The van der Waals surface area contributed by atoms with Gasteiger partial charge in [-0.25, -0.2) is 13.2 Å². The summed E-state index contributed by atoms with van der Waals surface area (Å²) in [6.07, 6.45) is -1.91. The maximum atomic E-state index is 13.0.